The van der Waals surface area contributed by atoms with E-state index in [9.17, 15) is 9.59 Å². The maximum Gasteiger partial charge on any atom is 0.251 e. The first-order valence-electron chi connectivity index (χ1n) is 9.82. The number of methoxy groups -OCH3 is 3. The summed E-state index contributed by atoms with van der Waals surface area (Å²) in [5.74, 6) is 2.23. The molecular weight excluding hydrogens is 404 g/mol. The molecule has 0 radical (unpaired) electrons. The zero-order chi connectivity index (χ0) is 22.0. The van der Waals surface area contributed by atoms with Crippen LogP contribution in [0.1, 0.15) is 16.8 Å². The second kappa shape index (κ2) is 8.63. The maximum absolute atomic E-state index is 12.7. The van der Waals surface area contributed by atoms with E-state index in [2.05, 4.69) is 5.32 Å². The molecule has 0 aromatic heterocycles. The highest BCUT2D eigenvalue weighted by Crippen LogP contribution is 2.39. The van der Waals surface area contributed by atoms with Crippen molar-refractivity contribution in [2.45, 2.75) is 6.42 Å². The van der Waals surface area contributed by atoms with Gasteiger partial charge >= 0.3 is 0 Å². The van der Waals surface area contributed by atoms with Gasteiger partial charge < -0.3 is 33.9 Å². The molecule has 1 N–H and O–H groups in total. The van der Waals surface area contributed by atoms with E-state index in [1.807, 2.05) is 6.07 Å². The molecule has 2 heterocycles. The summed E-state index contributed by atoms with van der Waals surface area (Å²) in [5.41, 5.74) is 1.14. The van der Waals surface area contributed by atoms with Gasteiger partial charge in [-0.3, -0.25) is 9.59 Å². The van der Waals surface area contributed by atoms with E-state index in [0.717, 1.165) is 5.69 Å². The van der Waals surface area contributed by atoms with Crippen LogP contribution < -0.4 is 33.9 Å². The van der Waals surface area contributed by atoms with Crippen LogP contribution in [0.5, 0.6) is 28.7 Å². The van der Waals surface area contributed by atoms with Crippen molar-refractivity contribution in [3.63, 3.8) is 0 Å². The molecule has 9 nitrogen and oxygen atoms in total. The number of hydrogen-bond donors (Lipinski definition) is 1. The Labute approximate surface area is 179 Å². The lowest BCUT2D eigenvalue weighted by Gasteiger charge is -2.18. The van der Waals surface area contributed by atoms with Gasteiger partial charge in [0.2, 0.25) is 18.4 Å². The maximum atomic E-state index is 12.7. The van der Waals surface area contributed by atoms with Gasteiger partial charge in [-0.2, -0.15) is 0 Å². The summed E-state index contributed by atoms with van der Waals surface area (Å²) in [6.45, 7) is 1.05. The molecule has 2 aromatic rings. The number of ether oxygens (including phenoxy) is 5. The lowest BCUT2D eigenvalue weighted by atomic mass is 10.1. The molecule has 1 atom stereocenters. The van der Waals surface area contributed by atoms with Crippen LogP contribution >= 0.6 is 0 Å². The Morgan fingerprint density at radius 1 is 1.06 bits per heavy atom. The third kappa shape index (κ3) is 4.03. The van der Waals surface area contributed by atoms with E-state index < -0.39 is 0 Å². The zero-order valence-corrected chi connectivity index (χ0v) is 17.6. The molecule has 2 amide bonds. The Hall–Kier alpha value is -3.62. The van der Waals surface area contributed by atoms with E-state index in [-0.39, 0.29) is 24.5 Å². The minimum atomic E-state index is -0.284. The van der Waals surface area contributed by atoms with E-state index in [1.54, 1.807) is 29.2 Å². The zero-order valence-electron chi connectivity index (χ0n) is 17.6. The van der Waals surface area contributed by atoms with Crippen molar-refractivity contribution >= 4 is 17.5 Å². The molecule has 2 aromatic carbocycles. The van der Waals surface area contributed by atoms with Gasteiger partial charge in [0.25, 0.3) is 5.91 Å². The first-order valence-corrected chi connectivity index (χ1v) is 9.82. The van der Waals surface area contributed by atoms with Crippen LogP contribution in [0.3, 0.4) is 0 Å². The van der Waals surface area contributed by atoms with Crippen molar-refractivity contribution < 1.29 is 33.3 Å². The fourth-order valence-electron chi connectivity index (χ4n) is 3.77. The Morgan fingerprint density at radius 3 is 2.45 bits per heavy atom. The van der Waals surface area contributed by atoms with Crippen LogP contribution in [0.4, 0.5) is 5.69 Å². The monoisotopic (exact) mass is 428 g/mol. The second-order valence-corrected chi connectivity index (χ2v) is 7.24. The summed E-state index contributed by atoms with van der Waals surface area (Å²) in [6, 6.07) is 8.62. The van der Waals surface area contributed by atoms with Crippen molar-refractivity contribution in [1.29, 1.82) is 0 Å². The van der Waals surface area contributed by atoms with Gasteiger partial charge in [-0.05, 0) is 24.3 Å². The molecule has 0 aliphatic carbocycles. The normalized spacial score (nSPS) is 16.9. The molecule has 1 unspecified atom stereocenters. The second-order valence-electron chi connectivity index (χ2n) is 7.24. The Bertz CT molecular complexity index is 982. The minimum Gasteiger partial charge on any atom is -0.493 e. The largest absolute Gasteiger partial charge is 0.493 e. The Morgan fingerprint density at radius 2 is 1.77 bits per heavy atom. The molecule has 0 spiro atoms. The predicted molar refractivity (Wildman–Crippen MR) is 111 cm³/mol. The molecule has 0 bridgehead atoms. The van der Waals surface area contributed by atoms with Crippen molar-refractivity contribution in [2.75, 3.05) is 46.1 Å². The topological polar surface area (TPSA) is 95.6 Å². The van der Waals surface area contributed by atoms with Crippen LogP contribution in [0.15, 0.2) is 30.3 Å². The number of carbonyl (C=O) groups is 2. The number of amides is 2. The molecule has 31 heavy (non-hydrogen) atoms. The first kappa shape index (κ1) is 20.6. The van der Waals surface area contributed by atoms with Gasteiger partial charge in [0.1, 0.15) is 0 Å². The number of nitrogens with one attached hydrogen (secondary N) is 1. The summed E-state index contributed by atoms with van der Waals surface area (Å²) < 4.78 is 26.6. The van der Waals surface area contributed by atoms with Crippen molar-refractivity contribution in [2.24, 2.45) is 5.92 Å². The predicted octanol–water partition coefficient (Wildman–Crippen LogP) is 2.22. The molecule has 1 fully saturated rings. The van der Waals surface area contributed by atoms with Gasteiger partial charge in [-0.1, -0.05) is 0 Å². The summed E-state index contributed by atoms with van der Waals surface area (Å²) in [6.07, 6.45) is 0.351. The third-order valence-electron chi connectivity index (χ3n) is 5.35. The van der Waals surface area contributed by atoms with Crippen molar-refractivity contribution in [3.05, 3.63) is 35.9 Å². The fourth-order valence-corrected chi connectivity index (χ4v) is 3.77. The van der Waals surface area contributed by atoms with Crippen molar-refractivity contribution in [3.8, 4) is 28.7 Å². The van der Waals surface area contributed by atoms with Crippen LogP contribution in [0.25, 0.3) is 0 Å². The number of carbonyl (C=O) groups excluding carboxylic acids is 2. The van der Waals surface area contributed by atoms with E-state index >= 15 is 0 Å². The Balaban J connectivity index is 1.41. The van der Waals surface area contributed by atoms with Gasteiger partial charge in [-0.15, -0.1) is 0 Å². The molecule has 164 valence electrons. The standard InChI is InChI=1S/C22H24N2O7/c1-27-18-7-14(8-19(28-2)21(18)29-3)22(26)23-10-13-6-20(25)24(11-13)15-4-5-16-17(9-15)31-12-30-16/h4-5,7-9,13H,6,10-12H2,1-3H3,(H,23,26). The lowest BCUT2D eigenvalue weighted by molar-refractivity contribution is -0.117. The third-order valence-corrected chi connectivity index (χ3v) is 5.35. The number of benzene rings is 2. The van der Waals surface area contributed by atoms with Gasteiger partial charge in [0, 0.05) is 42.7 Å². The highest BCUT2D eigenvalue weighted by atomic mass is 16.7. The quantitative estimate of drug-likeness (QED) is 0.723. The molecule has 2 aliphatic heterocycles. The van der Waals surface area contributed by atoms with Crippen LogP contribution in [0.2, 0.25) is 0 Å². The molecule has 9 heteroatoms. The van der Waals surface area contributed by atoms with E-state index in [1.165, 1.54) is 21.3 Å². The number of anilines is 1. The van der Waals surface area contributed by atoms with E-state index in [0.29, 0.717) is 53.8 Å². The van der Waals surface area contributed by atoms with Gasteiger partial charge in [-0.25, -0.2) is 0 Å². The highest BCUT2D eigenvalue weighted by Gasteiger charge is 2.32. The first-order chi connectivity index (χ1) is 15.0. The molecule has 4 rings (SSSR count). The number of fused-ring (bicyclic) bond motifs is 1. The number of hydrogen-bond acceptors (Lipinski definition) is 7. The molecule has 2 aliphatic rings. The highest BCUT2D eigenvalue weighted by molar-refractivity contribution is 5.97. The van der Waals surface area contributed by atoms with Gasteiger partial charge in [0.05, 0.1) is 21.3 Å². The summed E-state index contributed by atoms with van der Waals surface area (Å²) in [5, 5.41) is 2.90. The number of nitrogens with zero attached hydrogens (tertiary/aromatic N) is 1. The number of rotatable bonds is 7. The lowest BCUT2D eigenvalue weighted by Crippen LogP contribution is -2.31. The van der Waals surface area contributed by atoms with Crippen LogP contribution in [-0.2, 0) is 4.79 Å². The van der Waals surface area contributed by atoms with Gasteiger partial charge in [0.15, 0.2) is 23.0 Å². The van der Waals surface area contributed by atoms with Crippen LogP contribution in [-0.4, -0.2) is 53.0 Å². The Kier molecular flexibility index (Phi) is 5.75. The van der Waals surface area contributed by atoms with Crippen LogP contribution in [0, 0.1) is 5.92 Å². The summed E-state index contributed by atoms with van der Waals surface area (Å²) in [4.78, 5) is 26.9. The van der Waals surface area contributed by atoms with E-state index in [4.69, 9.17) is 23.7 Å². The average Bonchev–Trinajstić information content (AvgIpc) is 3.41. The molecular formula is C22H24N2O7. The van der Waals surface area contributed by atoms with Crippen molar-refractivity contribution in [1.82, 2.24) is 5.32 Å². The summed E-state index contributed by atoms with van der Waals surface area (Å²) >= 11 is 0. The molecule has 0 saturated carbocycles. The fraction of sp³-hybridized carbons (Fsp3) is 0.364. The summed E-state index contributed by atoms with van der Waals surface area (Å²) in [7, 11) is 4.49. The minimum absolute atomic E-state index is 0.00546. The average molecular weight is 428 g/mol. The molecule has 1 saturated heterocycles. The SMILES string of the molecule is COc1cc(C(=O)NCC2CC(=O)N(c3ccc4c(c3)OCO4)C2)cc(OC)c1OC. The smallest absolute Gasteiger partial charge is 0.251 e.